The maximum atomic E-state index is 12.0. The van der Waals surface area contributed by atoms with Crippen LogP contribution < -0.4 is 5.32 Å². The van der Waals surface area contributed by atoms with Gasteiger partial charge in [-0.25, -0.2) is 4.79 Å². The highest BCUT2D eigenvalue weighted by atomic mass is 16.2. The SMILES string of the molecule is CC(C)NC(=O)N(Cc1ccccn1)C(C)C. The largest absolute Gasteiger partial charge is 0.336 e. The normalized spacial score (nSPS) is 10.7. The third-order valence-electron chi connectivity index (χ3n) is 2.35. The van der Waals surface area contributed by atoms with Gasteiger partial charge in [0, 0.05) is 18.3 Å². The molecule has 4 heteroatoms. The first kappa shape index (κ1) is 13.5. The third-order valence-corrected chi connectivity index (χ3v) is 2.35. The van der Waals surface area contributed by atoms with E-state index in [0.717, 1.165) is 5.69 Å². The Morgan fingerprint density at radius 3 is 2.53 bits per heavy atom. The molecule has 94 valence electrons. The third kappa shape index (κ3) is 4.43. The van der Waals surface area contributed by atoms with Gasteiger partial charge in [-0.1, -0.05) is 6.07 Å². The molecule has 1 aromatic rings. The zero-order valence-corrected chi connectivity index (χ0v) is 11.0. The summed E-state index contributed by atoms with van der Waals surface area (Å²) in [5.41, 5.74) is 0.903. The molecule has 0 saturated heterocycles. The molecule has 1 heterocycles. The minimum absolute atomic E-state index is 0.0411. The Morgan fingerprint density at radius 1 is 1.35 bits per heavy atom. The van der Waals surface area contributed by atoms with E-state index in [9.17, 15) is 4.79 Å². The van der Waals surface area contributed by atoms with Crippen LogP contribution in [0.15, 0.2) is 24.4 Å². The Hall–Kier alpha value is -1.58. The number of carbonyl (C=O) groups is 1. The molecule has 0 aliphatic heterocycles. The number of nitrogens with zero attached hydrogens (tertiary/aromatic N) is 2. The number of aromatic nitrogens is 1. The molecule has 0 fully saturated rings. The predicted octanol–water partition coefficient (Wildman–Crippen LogP) is 2.41. The fourth-order valence-electron chi connectivity index (χ4n) is 1.48. The standard InChI is InChI=1S/C13H21N3O/c1-10(2)15-13(17)16(11(3)4)9-12-7-5-6-8-14-12/h5-8,10-11H,9H2,1-4H3,(H,15,17). The van der Waals surface area contributed by atoms with Crippen LogP contribution in [0.1, 0.15) is 33.4 Å². The summed E-state index contributed by atoms with van der Waals surface area (Å²) in [5, 5.41) is 2.90. The van der Waals surface area contributed by atoms with Gasteiger partial charge in [-0.15, -0.1) is 0 Å². The minimum Gasteiger partial charge on any atom is -0.336 e. The average molecular weight is 235 g/mol. The summed E-state index contributed by atoms with van der Waals surface area (Å²) in [5.74, 6) is 0. The van der Waals surface area contributed by atoms with Gasteiger partial charge in [-0.05, 0) is 39.8 Å². The first-order chi connectivity index (χ1) is 8.00. The summed E-state index contributed by atoms with van der Waals surface area (Å²) in [7, 11) is 0. The van der Waals surface area contributed by atoms with E-state index in [4.69, 9.17) is 0 Å². The molecule has 0 spiro atoms. The molecule has 1 N–H and O–H groups in total. The summed E-state index contributed by atoms with van der Waals surface area (Å²) in [6.45, 7) is 8.46. The maximum Gasteiger partial charge on any atom is 0.318 e. The van der Waals surface area contributed by atoms with E-state index in [-0.39, 0.29) is 18.1 Å². The molecule has 17 heavy (non-hydrogen) atoms. The molecule has 0 saturated carbocycles. The quantitative estimate of drug-likeness (QED) is 0.871. The van der Waals surface area contributed by atoms with E-state index in [0.29, 0.717) is 6.54 Å². The van der Waals surface area contributed by atoms with Gasteiger partial charge >= 0.3 is 6.03 Å². The van der Waals surface area contributed by atoms with Crippen molar-refractivity contribution in [3.63, 3.8) is 0 Å². The van der Waals surface area contributed by atoms with Crippen molar-refractivity contribution in [2.45, 2.75) is 46.3 Å². The van der Waals surface area contributed by atoms with E-state index in [1.165, 1.54) is 0 Å². The van der Waals surface area contributed by atoms with Gasteiger partial charge in [0.25, 0.3) is 0 Å². The van der Waals surface area contributed by atoms with Crippen LogP contribution in [0.25, 0.3) is 0 Å². The van der Waals surface area contributed by atoms with E-state index in [2.05, 4.69) is 10.3 Å². The van der Waals surface area contributed by atoms with Gasteiger partial charge in [-0.3, -0.25) is 4.98 Å². The van der Waals surface area contributed by atoms with Crippen molar-refractivity contribution >= 4 is 6.03 Å². The first-order valence-corrected chi connectivity index (χ1v) is 5.97. The second-order valence-corrected chi connectivity index (χ2v) is 4.65. The van der Waals surface area contributed by atoms with Crippen molar-refractivity contribution in [2.75, 3.05) is 0 Å². The number of amides is 2. The molecule has 0 aliphatic rings. The maximum absolute atomic E-state index is 12.0. The summed E-state index contributed by atoms with van der Waals surface area (Å²) < 4.78 is 0. The zero-order chi connectivity index (χ0) is 12.8. The van der Waals surface area contributed by atoms with Gasteiger partial charge in [-0.2, -0.15) is 0 Å². The van der Waals surface area contributed by atoms with Crippen molar-refractivity contribution in [3.8, 4) is 0 Å². The molecule has 1 aromatic heterocycles. The van der Waals surface area contributed by atoms with Crippen LogP contribution in [-0.4, -0.2) is 28.0 Å². The lowest BCUT2D eigenvalue weighted by Gasteiger charge is -2.27. The van der Waals surface area contributed by atoms with Crippen LogP contribution in [0.2, 0.25) is 0 Å². The lowest BCUT2D eigenvalue weighted by Crippen LogP contribution is -2.45. The van der Waals surface area contributed by atoms with Crippen molar-refractivity contribution in [1.29, 1.82) is 0 Å². The Morgan fingerprint density at radius 2 is 2.06 bits per heavy atom. The van der Waals surface area contributed by atoms with Gasteiger partial charge in [0.15, 0.2) is 0 Å². The highest BCUT2D eigenvalue weighted by molar-refractivity contribution is 5.74. The van der Waals surface area contributed by atoms with Crippen LogP contribution in [0.4, 0.5) is 4.79 Å². The van der Waals surface area contributed by atoms with Crippen LogP contribution in [0, 0.1) is 0 Å². The predicted molar refractivity (Wildman–Crippen MR) is 68.6 cm³/mol. The molecule has 0 unspecified atom stereocenters. The second kappa shape index (κ2) is 6.23. The molecule has 0 atom stereocenters. The molecule has 2 amide bonds. The minimum atomic E-state index is -0.0411. The van der Waals surface area contributed by atoms with E-state index < -0.39 is 0 Å². The number of hydrogen-bond acceptors (Lipinski definition) is 2. The first-order valence-electron chi connectivity index (χ1n) is 5.97. The van der Waals surface area contributed by atoms with E-state index >= 15 is 0 Å². The Labute approximate surface area is 103 Å². The van der Waals surface area contributed by atoms with Crippen LogP contribution in [0.3, 0.4) is 0 Å². The highest BCUT2D eigenvalue weighted by Gasteiger charge is 2.17. The van der Waals surface area contributed by atoms with Crippen molar-refractivity contribution in [1.82, 2.24) is 15.2 Å². The number of carbonyl (C=O) groups excluding carboxylic acids is 1. The lowest BCUT2D eigenvalue weighted by atomic mass is 10.2. The fraction of sp³-hybridized carbons (Fsp3) is 0.538. The molecular formula is C13H21N3O. The second-order valence-electron chi connectivity index (χ2n) is 4.65. The highest BCUT2D eigenvalue weighted by Crippen LogP contribution is 2.06. The Bertz CT molecular complexity index is 349. The monoisotopic (exact) mass is 235 g/mol. The topological polar surface area (TPSA) is 45.2 Å². The van der Waals surface area contributed by atoms with Crippen LogP contribution in [0.5, 0.6) is 0 Å². The van der Waals surface area contributed by atoms with Crippen molar-refractivity contribution in [3.05, 3.63) is 30.1 Å². The van der Waals surface area contributed by atoms with E-state index in [1.54, 1.807) is 11.1 Å². The Kier molecular flexibility index (Phi) is 4.94. The summed E-state index contributed by atoms with van der Waals surface area (Å²) >= 11 is 0. The summed E-state index contributed by atoms with van der Waals surface area (Å²) in [6.07, 6.45) is 1.74. The number of nitrogens with one attached hydrogen (secondary N) is 1. The molecule has 4 nitrogen and oxygen atoms in total. The van der Waals surface area contributed by atoms with Gasteiger partial charge < -0.3 is 10.2 Å². The average Bonchev–Trinajstić information content (AvgIpc) is 2.25. The zero-order valence-electron chi connectivity index (χ0n) is 11.0. The van der Waals surface area contributed by atoms with Gasteiger partial charge in [0.05, 0.1) is 12.2 Å². The molecule has 0 aliphatic carbocycles. The molecular weight excluding hydrogens is 214 g/mol. The van der Waals surface area contributed by atoms with Gasteiger partial charge in [0.1, 0.15) is 0 Å². The Balaban J connectivity index is 2.70. The number of rotatable bonds is 4. The summed E-state index contributed by atoms with van der Waals surface area (Å²) in [6, 6.07) is 5.99. The number of pyridine rings is 1. The molecule has 0 radical (unpaired) electrons. The molecule has 1 rings (SSSR count). The summed E-state index contributed by atoms with van der Waals surface area (Å²) in [4.78, 5) is 18.0. The fourth-order valence-corrected chi connectivity index (χ4v) is 1.48. The molecule has 0 aromatic carbocycles. The van der Waals surface area contributed by atoms with Crippen molar-refractivity contribution < 1.29 is 4.79 Å². The van der Waals surface area contributed by atoms with Crippen molar-refractivity contribution in [2.24, 2.45) is 0 Å². The smallest absolute Gasteiger partial charge is 0.318 e. The van der Waals surface area contributed by atoms with Crippen LogP contribution >= 0.6 is 0 Å². The lowest BCUT2D eigenvalue weighted by molar-refractivity contribution is 0.176. The van der Waals surface area contributed by atoms with E-state index in [1.807, 2.05) is 45.9 Å². The number of urea groups is 1. The van der Waals surface area contributed by atoms with Crippen LogP contribution in [-0.2, 0) is 6.54 Å². The number of hydrogen-bond donors (Lipinski definition) is 1. The molecule has 0 bridgehead atoms. The van der Waals surface area contributed by atoms with Gasteiger partial charge in [0.2, 0.25) is 0 Å².